The Hall–Kier alpha value is -2.43. The molecule has 1 fully saturated rings. The lowest BCUT2D eigenvalue weighted by Crippen LogP contribution is -2.28. The summed E-state index contributed by atoms with van der Waals surface area (Å²) in [7, 11) is 0. The number of hydrogen-bond acceptors (Lipinski definition) is 4. The smallest absolute Gasteiger partial charge is 0.410 e. The summed E-state index contributed by atoms with van der Waals surface area (Å²) in [5.41, 5.74) is 1.06. The molecule has 0 aliphatic carbocycles. The van der Waals surface area contributed by atoms with Gasteiger partial charge in [0.25, 0.3) is 0 Å². The van der Waals surface area contributed by atoms with Gasteiger partial charge >= 0.3 is 6.09 Å². The van der Waals surface area contributed by atoms with E-state index in [9.17, 15) is 4.79 Å². The minimum atomic E-state index is -0.318. The Balaban J connectivity index is 1.83. The van der Waals surface area contributed by atoms with Gasteiger partial charge in [-0.25, -0.2) is 14.8 Å². The first-order valence-corrected chi connectivity index (χ1v) is 6.09. The van der Waals surface area contributed by atoms with E-state index in [4.69, 9.17) is 4.74 Å². The van der Waals surface area contributed by atoms with Crippen molar-refractivity contribution in [3.05, 3.63) is 60.2 Å². The van der Waals surface area contributed by atoms with Gasteiger partial charge in [0.15, 0.2) is 0 Å². The molecule has 1 amide bonds. The minimum Gasteiger partial charge on any atom is -0.447 e. The Morgan fingerprint density at radius 2 is 1.89 bits per heavy atom. The van der Waals surface area contributed by atoms with Crippen molar-refractivity contribution in [2.75, 3.05) is 6.61 Å². The molecule has 0 spiro atoms. The first kappa shape index (κ1) is 11.6. The monoisotopic (exact) mass is 255 g/mol. The average molecular weight is 255 g/mol. The molecule has 1 aliphatic heterocycles. The fourth-order valence-electron chi connectivity index (χ4n) is 2.14. The molecule has 1 atom stereocenters. The number of cyclic esters (lactones) is 1. The van der Waals surface area contributed by atoms with E-state index in [1.54, 1.807) is 23.4 Å². The van der Waals surface area contributed by atoms with Crippen LogP contribution < -0.4 is 0 Å². The van der Waals surface area contributed by atoms with E-state index in [-0.39, 0.29) is 12.1 Å². The van der Waals surface area contributed by atoms with Gasteiger partial charge in [0, 0.05) is 12.4 Å². The van der Waals surface area contributed by atoms with Gasteiger partial charge < -0.3 is 4.74 Å². The maximum absolute atomic E-state index is 11.8. The van der Waals surface area contributed by atoms with Gasteiger partial charge in [0.05, 0.1) is 12.6 Å². The van der Waals surface area contributed by atoms with E-state index in [1.165, 1.54) is 0 Å². The number of carbonyl (C=O) groups is 1. The van der Waals surface area contributed by atoms with E-state index < -0.39 is 0 Å². The molecule has 5 heteroatoms. The minimum absolute atomic E-state index is 0.0718. The van der Waals surface area contributed by atoms with E-state index in [1.807, 2.05) is 30.3 Å². The Morgan fingerprint density at radius 1 is 1.16 bits per heavy atom. The number of hydrogen-bond donors (Lipinski definition) is 0. The summed E-state index contributed by atoms with van der Waals surface area (Å²) < 4.78 is 5.14. The van der Waals surface area contributed by atoms with Crippen LogP contribution in [0.2, 0.25) is 0 Å². The van der Waals surface area contributed by atoms with Crippen molar-refractivity contribution in [1.82, 2.24) is 14.9 Å². The molecule has 0 N–H and O–H groups in total. The summed E-state index contributed by atoms with van der Waals surface area (Å²) in [6, 6.07) is 11.5. The highest BCUT2D eigenvalue weighted by Gasteiger charge is 2.34. The van der Waals surface area contributed by atoms with Crippen LogP contribution in [0.25, 0.3) is 0 Å². The highest BCUT2D eigenvalue weighted by Crippen LogP contribution is 2.28. The zero-order chi connectivity index (χ0) is 13.1. The molecule has 0 unspecified atom stereocenters. The average Bonchev–Trinajstić information content (AvgIpc) is 2.82. The second-order valence-corrected chi connectivity index (χ2v) is 4.30. The molecule has 5 nitrogen and oxygen atoms in total. The van der Waals surface area contributed by atoms with E-state index in [0.29, 0.717) is 19.0 Å². The fraction of sp³-hybridized carbons (Fsp3) is 0.214. The molecular formula is C14H13N3O2. The predicted octanol–water partition coefficient (Wildman–Crippen LogP) is 2.17. The molecule has 0 radical (unpaired) electrons. The molecule has 1 aliphatic rings. The largest absolute Gasteiger partial charge is 0.447 e. The summed E-state index contributed by atoms with van der Waals surface area (Å²) in [5, 5.41) is 0. The molecule has 19 heavy (non-hydrogen) atoms. The van der Waals surface area contributed by atoms with Gasteiger partial charge in [-0.3, -0.25) is 4.90 Å². The predicted molar refractivity (Wildman–Crippen MR) is 68.1 cm³/mol. The standard InChI is InChI=1S/C14H13N3O2/c18-14-17(9-13-15-7-4-8-16-13)12(10-19-14)11-5-2-1-3-6-11/h1-8,12H,9-10H2/t12-/m1/s1. The number of carbonyl (C=O) groups excluding carboxylic acids is 1. The summed E-state index contributed by atoms with van der Waals surface area (Å²) >= 11 is 0. The van der Waals surface area contributed by atoms with Gasteiger partial charge in [-0.15, -0.1) is 0 Å². The molecule has 0 saturated carbocycles. The van der Waals surface area contributed by atoms with Crippen LogP contribution in [0, 0.1) is 0 Å². The molecule has 2 heterocycles. The van der Waals surface area contributed by atoms with Crippen LogP contribution in [-0.2, 0) is 11.3 Å². The SMILES string of the molecule is O=C1OC[C@H](c2ccccc2)N1Cc1ncccn1. The Morgan fingerprint density at radius 3 is 2.63 bits per heavy atom. The Labute approximate surface area is 110 Å². The van der Waals surface area contributed by atoms with Crippen molar-refractivity contribution < 1.29 is 9.53 Å². The highest BCUT2D eigenvalue weighted by molar-refractivity contribution is 5.70. The van der Waals surface area contributed by atoms with Crippen LogP contribution in [0.5, 0.6) is 0 Å². The first-order valence-electron chi connectivity index (χ1n) is 6.09. The zero-order valence-electron chi connectivity index (χ0n) is 10.3. The lowest BCUT2D eigenvalue weighted by atomic mass is 10.1. The van der Waals surface area contributed by atoms with Crippen molar-refractivity contribution in [3.63, 3.8) is 0 Å². The maximum Gasteiger partial charge on any atom is 0.410 e. The number of nitrogens with zero attached hydrogens (tertiary/aromatic N) is 3. The van der Waals surface area contributed by atoms with Crippen molar-refractivity contribution in [2.24, 2.45) is 0 Å². The molecular weight excluding hydrogens is 242 g/mol. The normalized spacial score (nSPS) is 18.4. The number of ether oxygens (including phenoxy) is 1. The molecule has 3 rings (SSSR count). The molecule has 96 valence electrons. The first-order chi connectivity index (χ1) is 9.34. The third-order valence-electron chi connectivity index (χ3n) is 3.09. The number of benzene rings is 1. The van der Waals surface area contributed by atoms with Gasteiger partial charge in [-0.2, -0.15) is 0 Å². The van der Waals surface area contributed by atoms with Crippen LogP contribution in [0.15, 0.2) is 48.8 Å². The van der Waals surface area contributed by atoms with Gasteiger partial charge in [0.1, 0.15) is 12.4 Å². The third kappa shape index (κ3) is 2.40. The van der Waals surface area contributed by atoms with Gasteiger partial charge in [-0.05, 0) is 11.6 Å². The lowest BCUT2D eigenvalue weighted by Gasteiger charge is -2.20. The van der Waals surface area contributed by atoms with Crippen molar-refractivity contribution >= 4 is 6.09 Å². The van der Waals surface area contributed by atoms with Crippen LogP contribution in [-0.4, -0.2) is 27.6 Å². The number of amides is 1. The molecule has 1 aromatic carbocycles. The summed E-state index contributed by atoms with van der Waals surface area (Å²) in [4.78, 5) is 21.8. The molecule has 1 aromatic heterocycles. The summed E-state index contributed by atoms with van der Waals surface area (Å²) in [6.07, 6.45) is 3.02. The number of rotatable bonds is 3. The zero-order valence-corrected chi connectivity index (χ0v) is 10.3. The molecule has 0 bridgehead atoms. The van der Waals surface area contributed by atoms with Crippen LogP contribution in [0.4, 0.5) is 4.79 Å². The second-order valence-electron chi connectivity index (χ2n) is 4.30. The van der Waals surface area contributed by atoms with E-state index in [2.05, 4.69) is 9.97 Å². The van der Waals surface area contributed by atoms with Crippen LogP contribution >= 0.6 is 0 Å². The third-order valence-corrected chi connectivity index (χ3v) is 3.09. The highest BCUT2D eigenvalue weighted by atomic mass is 16.6. The van der Waals surface area contributed by atoms with E-state index >= 15 is 0 Å². The van der Waals surface area contributed by atoms with Crippen molar-refractivity contribution in [3.8, 4) is 0 Å². The maximum atomic E-state index is 11.8. The lowest BCUT2D eigenvalue weighted by molar-refractivity contribution is 0.155. The van der Waals surface area contributed by atoms with Crippen molar-refractivity contribution in [2.45, 2.75) is 12.6 Å². The van der Waals surface area contributed by atoms with Gasteiger partial charge in [0.2, 0.25) is 0 Å². The fourth-order valence-corrected chi connectivity index (χ4v) is 2.14. The summed E-state index contributed by atoms with van der Waals surface area (Å²) in [5.74, 6) is 0.613. The van der Waals surface area contributed by atoms with Crippen molar-refractivity contribution in [1.29, 1.82) is 0 Å². The van der Waals surface area contributed by atoms with E-state index in [0.717, 1.165) is 5.56 Å². The summed E-state index contributed by atoms with van der Waals surface area (Å²) in [6.45, 7) is 0.731. The quantitative estimate of drug-likeness (QED) is 0.843. The second kappa shape index (κ2) is 5.06. The topological polar surface area (TPSA) is 55.3 Å². The molecule has 2 aromatic rings. The number of aromatic nitrogens is 2. The van der Waals surface area contributed by atoms with Crippen LogP contribution in [0.1, 0.15) is 17.4 Å². The van der Waals surface area contributed by atoms with Crippen LogP contribution in [0.3, 0.4) is 0 Å². The molecule has 1 saturated heterocycles. The van der Waals surface area contributed by atoms with Gasteiger partial charge in [-0.1, -0.05) is 30.3 Å². The Bertz CT molecular complexity index is 559. The Kier molecular flexibility index (Phi) is 3.10.